The van der Waals surface area contributed by atoms with E-state index in [0.717, 1.165) is 0 Å². The molecule has 0 aliphatic heterocycles. The Morgan fingerprint density at radius 1 is 1.10 bits per heavy atom. The highest BCUT2D eigenvalue weighted by Gasteiger charge is 2.31. The number of aromatic nitrogens is 4. The zero-order chi connectivity index (χ0) is 14.3. The van der Waals surface area contributed by atoms with Gasteiger partial charge in [0.05, 0.1) is 32.6 Å². The maximum absolute atomic E-state index is 11.3. The van der Waals surface area contributed by atoms with Crippen molar-refractivity contribution >= 4 is 22.3 Å². The summed E-state index contributed by atoms with van der Waals surface area (Å²) in [6, 6.07) is 2.65. The van der Waals surface area contributed by atoms with Crippen molar-refractivity contribution in [2.75, 3.05) is 0 Å². The third-order valence-corrected chi connectivity index (χ3v) is 2.85. The van der Waals surface area contributed by atoms with Crippen LogP contribution in [0.4, 0.5) is 11.4 Å². The van der Waals surface area contributed by atoms with E-state index in [9.17, 15) is 20.2 Å². The van der Waals surface area contributed by atoms with Crippen LogP contribution in [-0.4, -0.2) is 30.2 Å². The number of H-pyrrole nitrogens is 2. The van der Waals surface area contributed by atoms with E-state index in [1.54, 1.807) is 0 Å². The molecule has 20 heavy (non-hydrogen) atoms. The van der Waals surface area contributed by atoms with E-state index in [1.165, 1.54) is 24.5 Å². The van der Waals surface area contributed by atoms with Gasteiger partial charge in [-0.25, -0.2) is 0 Å². The van der Waals surface area contributed by atoms with E-state index in [4.69, 9.17) is 0 Å². The van der Waals surface area contributed by atoms with Gasteiger partial charge in [0.2, 0.25) is 0 Å². The topological polar surface area (TPSA) is 144 Å². The smallest absolute Gasteiger partial charge is 0.277 e. The van der Waals surface area contributed by atoms with E-state index >= 15 is 0 Å². The maximum atomic E-state index is 11.3. The highest BCUT2D eigenvalue weighted by atomic mass is 16.6. The molecule has 2 heterocycles. The lowest BCUT2D eigenvalue weighted by Crippen LogP contribution is -1.99. The summed E-state index contributed by atoms with van der Waals surface area (Å²) in [6.45, 7) is 0. The lowest BCUT2D eigenvalue weighted by atomic mass is 10.0. The number of nitro groups is 2. The summed E-state index contributed by atoms with van der Waals surface area (Å²) in [4.78, 5) is 21.1. The monoisotopic (exact) mass is 274 g/mol. The number of benzene rings is 1. The van der Waals surface area contributed by atoms with Crippen LogP contribution in [0.1, 0.15) is 0 Å². The standard InChI is InChI=1S/C10H6N6O4/c17-15(18)8-3-7-5(4-12-14-7)10(16(19)20)9(8)6-1-2-11-13-6/h1-4H,(H,11,13)(H,12,14). The van der Waals surface area contributed by atoms with Crippen molar-refractivity contribution in [2.24, 2.45) is 0 Å². The molecule has 100 valence electrons. The minimum Gasteiger partial charge on any atom is -0.277 e. The van der Waals surface area contributed by atoms with Crippen LogP contribution in [0, 0.1) is 20.2 Å². The molecule has 0 bridgehead atoms. The second kappa shape index (κ2) is 4.12. The molecule has 0 spiro atoms. The lowest BCUT2D eigenvalue weighted by molar-refractivity contribution is -0.391. The van der Waals surface area contributed by atoms with Crippen LogP contribution < -0.4 is 0 Å². The fraction of sp³-hybridized carbons (Fsp3) is 0. The van der Waals surface area contributed by atoms with E-state index < -0.39 is 15.5 Å². The fourth-order valence-corrected chi connectivity index (χ4v) is 2.05. The first-order chi connectivity index (χ1) is 9.59. The molecule has 2 N–H and O–H groups in total. The normalized spacial score (nSPS) is 10.8. The Labute approximate surface area is 109 Å². The van der Waals surface area contributed by atoms with Gasteiger partial charge in [0.25, 0.3) is 11.4 Å². The molecule has 0 saturated heterocycles. The number of nitrogens with one attached hydrogen (secondary N) is 2. The van der Waals surface area contributed by atoms with Gasteiger partial charge >= 0.3 is 0 Å². The Morgan fingerprint density at radius 2 is 1.90 bits per heavy atom. The molecule has 0 atom stereocenters. The molecule has 0 saturated carbocycles. The van der Waals surface area contributed by atoms with Gasteiger partial charge in [-0.1, -0.05) is 0 Å². The molecule has 10 heteroatoms. The van der Waals surface area contributed by atoms with Crippen LogP contribution in [0.3, 0.4) is 0 Å². The van der Waals surface area contributed by atoms with Gasteiger partial charge in [0, 0.05) is 12.3 Å². The summed E-state index contributed by atoms with van der Waals surface area (Å²) in [5.41, 5.74) is -0.463. The maximum Gasteiger partial charge on any atom is 0.296 e. The highest BCUT2D eigenvalue weighted by Crippen LogP contribution is 2.41. The Hall–Kier alpha value is -3.30. The zero-order valence-electron chi connectivity index (χ0n) is 9.73. The van der Waals surface area contributed by atoms with Crippen molar-refractivity contribution in [3.63, 3.8) is 0 Å². The number of fused-ring (bicyclic) bond motifs is 1. The van der Waals surface area contributed by atoms with E-state index in [0.29, 0.717) is 0 Å². The second-order valence-corrected chi connectivity index (χ2v) is 3.94. The van der Waals surface area contributed by atoms with Crippen LogP contribution in [0.5, 0.6) is 0 Å². The fourth-order valence-electron chi connectivity index (χ4n) is 2.05. The summed E-state index contributed by atoms with van der Waals surface area (Å²) in [7, 11) is 0. The molecule has 1 aromatic carbocycles. The molecule has 0 aliphatic carbocycles. The minimum atomic E-state index is -0.677. The number of hydrogen-bond acceptors (Lipinski definition) is 6. The number of hydrogen-bond donors (Lipinski definition) is 2. The molecule has 0 radical (unpaired) electrons. The SMILES string of the molecule is O=[N+]([O-])c1cc2[nH]ncc2c([N+](=O)[O-])c1-c1ccn[nH]1. The van der Waals surface area contributed by atoms with E-state index in [-0.39, 0.29) is 27.8 Å². The van der Waals surface area contributed by atoms with Gasteiger partial charge in [-0.2, -0.15) is 10.2 Å². The van der Waals surface area contributed by atoms with Gasteiger partial charge in [0.15, 0.2) is 5.56 Å². The van der Waals surface area contributed by atoms with Gasteiger partial charge in [-0.15, -0.1) is 0 Å². The van der Waals surface area contributed by atoms with Gasteiger partial charge < -0.3 is 0 Å². The summed E-state index contributed by atoms with van der Waals surface area (Å²) in [6.07, 6.45) is 2.62. The predicted molar refractivity (Wildman–Crippen MR) is 67.0 cm³/mol. The van der Waals surface area contributed by atoms with Crippen molar-refractivity contribution in [1.29, 1.82) is 0 Å². The lowest BCUT2D eigenvalue weighted by Gasteiger charge is -2.03. The molecular formula is C10H6N6O4. The van der Waals surface area contributed by atoms with E-state index in [2.05, 4.69) is 20.4 Å². The predicted octanol–water partition coefficient (Wildman–Crippen LogP) is 1.77. The average molecular weight is 274 g/mol. The second-order valence-electron chi connectivity index (χ2n) is 3.94. The molecule has 0 amide bonds. The Morgan fingerprint density at radius 3 is 2.50 bits per heavy atom. The molecule has 3 rings (SSSR count). The molecular weight excluding hydrogens is 268 g/mol. The van der Waals surface area contributed by atoms with Crippen LogP contribution in [-0.2, 0) is 0 Å². The van der Waals surface area contributed by atoms with Crippen LogP contribution in [0.15, 0.2) is 24.5 Å². The third kappa shape index (κ3) is 1.59. The Bertz CT molecular complexity index is 822. The quantitative estimate of drug-likeness (QED) is 0.550. The highest BCUT2D eigenvalue weighted by molar-refractivity contribution is 5.99. The minimum absolute atomic E-state index is 0.119. The molecule has 0 unspecified atom stereocenters. The van der Waals surface area contributed by atoms with Crippen LogP contribution in [0.25, 0.3) is 22.2 Å². The van der Waals surface area contributed by atoms with Crippen molar-refractivity contribution in [1.82, 2.24) is 20.4 Å². The molecule has 0 aliphatic rings. The van der Waals surface area contributed by atoms with Gasteiger partial charge in [-0.3, -0.25) is 30.4 Å². The van der Waals surface area contributed by atoms with Gasteiger partial charge in [0.1, 0.15) is 0 Å². The summed E-state index contributed by atoms with van der Waals surface area (Å²) < 4.78 is 0. The van der Waals surface area contributed by atoms with Crippen LogP contribution in [0.2, 0.25) is 0 Å². The van der Waals surface area contributed by atoms with Crippen molar-refractivity contribution in [3.8, 4) is 11.3 Å². The molecule has 3 aromatic rings. The average Bonchev–Trinajstić information content (AvgIpc) is 3.06. The van der Waals surface area contributed by atoms with Crippen molar-refractivity contribution < 1.29 is 9.85 Å². The van der Waals surface area contributed by atoms with E-state index in [1.807, 2.05) is 0 Å². The number of rotatable bonds is 3. The van der Waals surface area contributed by atoms with Crippen LogP contribution >= 0.6 is 0 Å². The number of nitro benzene ring substituents is 2. The Kier molecular flexibility index (Phi) is 2.42. The van der Waals surface area contributed by atoms with Crippen molar-refractivity contribution in [2.45, 2.75) is 0 Å². The van der Waals surface area contributed by atoms with Crippen molar-refractivity contribution in [3.05, 3.63) is 44.8 Å². The molecule has 0 fully saturated rings. The first kappa shape index (κ1) is 11.8. The van der Waals surface area contributed by atoms with Gasteiger partial charge in [-0.05, 0) is 6.07 Å². The summed E-state index contributed by atoms with van der Waals surface area (Å²) in [5, 5.41) is 35.1. The summed E-state index contributed by atoms with van der Waals surface area (Å²) >= 11 is 0. The Balaban J connectivity index is 2.50. The number of nitrogens with zero attached hydrogens (tertiary/aromatic N) is 4. The number of aromatic amines is 2. The molecule has 10 nitrogen and oxygen atoms in total. The largest absolute Gasteiger partial charge is 0.296 e. The summed E-state index contributed by atoms with van der Waals surface area (Å²) in [5.74, 6) is 0. The first-order valence-electron chi connectivity index (χ1n) is 5.38. The molecule has 2 aromatic heterocycles. The first-order valence-corrected chi connectivity index (χ1v) is 5.38. The zero-order valence-corrected chi connectivity index (χ0v) is 9.73. The third-order valence-electron chi connectivity index (χ3n) is 2.85.